The van der Waals surface area contributed by atoms with Crippen molar-refractivity contribution in [3.8, 4) is 5.75 Å². The minimum atomic E-state index is -1.29. The predicted octanol–water partition coefficient (Wildman–Crippen LogP) is 3.67. The number of hydrogen-bond acceptors (Lipinski definition) is 7. The third kappa shape index (κ3) is 7.85. The van der Waals surface area contributed by atoms with Gasteiger partial charge in [-0.1, -0.05) is 23.7 Å². The minimum Gasteiger partial charge on any atom is -0.476 e. The van der Waals surface area contributed by atoms with Crippen LogP contribution in [0.1, 0.15) is 42.6 Å². The van der Waals surface area contributed by atoms with E-state index in [1.165, 1.54) is 0 Å². The molecule has 1 fully saturated rings. The summed E-state index contributed by atoms with van der Waals surface area (Å²) < 4.78 is 15.9. The number of amides is 1. The van der Waals surface area contributed by atoms with E-state index in [4.69, 9.17) is 31.5 Å². The van der Waals surface area contributed by atoms with Crippen LogP contribution in [0.4, 0.5) is 0 Å². The van der Waals surface area contributed by atoms with E-state index in [-0.39, 0.29) is 24.9 Å². The summed E-state index contributed by atoms with van der Waals surface area (Å²) in [6.07, 6.45) is 2.01. The Bertz CT molecular complexity index is 1020. The molecule has 10 heteroatoms. The van der Waals surface area contributed by atoms with Gasteiger partial charge < -0.3 is 25.3 Å². The number of carbonyl (C=O) groups excluding carboxylic acids is 3. The van der Waals surface area contributed by atoms with Crippen LogP contribution in [0, 0.1) is 5.41 Å². The fourth-order valence-electron chi connectivity index (χ4n) is 3.19. The van der Waals surface area contributed by atoms with Crippen molar-refractivity contribution in [2.45, 2.75) is 38.7 Å². The molecule has 3 N–H and O–H groups in total. The van der Waals surface area contributed by atoms with Crippen LogP contribution in [0.15, 0.2) is 48.5 Å². The molecular formula is C25H30Cl2N2O6. The summed E-state index contributed by atoms with van der Waals surface area (Å²) in [5, 5.41) is 3.44. The Morgan fingerprint density at radius 2 is 1.66 bits per heavy atom. The number of carbonyl (C=O) groups is 3. The van der Waals surface area contributed by atoms with Crippen molar-refractivity contribution in [2.24, 2.45) is 11.1 Å². The average Bonchev–Trinajstić information content (AvgIpc) is 3.62. The van der Waals surface area contributed by atoms with Crippen molar-refractivity contribution in [1.29, 1.82) is 0 Å². The highest BCUT2D eigenvalue weighted by Gasteiger charge is 2.50. The summed E-state index contributed by atoms with van der Waals surface area (Å²) in [6, 6.07) is 13.9. The normalized spacial score (nSPS) is 13.7. The SMILES string of the molecule is CC(C)(Oc1ccc(CCNC(=O)c2ccc(Cl)cc2)cc1)C(=O)OCOC(=O)C1(CN)CC1.Cl. The molecule has 1 amide bonds. The molecule has 0 saturated heterocycles. The second-order valence-electron chi connectivity index (χ2n) is 8.74. The average molecular weight is 525 g/mol. The second-order valence-corrected chi connectivity index (χ2v) is 9.17. The molecule has 190 valence electrons. The number of rotatable bonds is 11. The van der Waals surface area contributed by atoms with Gasteiger partial charge in [-0.25, -0.2) is 4.79 Å². The summed E-state index contributed by atoms with van der Waals surface area (Å²) in [5.74, 6) is -0.792. The molecule has 1 aliphatic rings. The smallest absolute Gasteiger partial charge is 0.352 e. The van der Waals surface area contributed by atoms with E-state index >= 15 is 0 Å². The van der Waals surface area contributed by atoms with Gasteiger partial charge in [0.25, 0.3) is 5.91 Å². The number of benzene rings is 2. The lowest BCUT2D eigenvalue weighted by atomic mass is 10.1. The molecule has 8 nitrogen and oxygen atoms in total. The lowest BCUT2D eigenvalue weighted by Crippen LogP contribution is -2.40. The number of nitrogens with one attached hydrogen (secondary N) is 1. The molecule has 0 radical (unpaired) electrons. The first-order chi connectivity index (χ1) is 16.1. The highest BCUT2D eigenvalue weighted by molar-refractivity contribution is 6.30. The van der Waals surface area contributed by atoms with Gasteiger partial charge in [-0.2, -0.15) is 0 Å². The minimum absolute atomic E-state index is 0. The fraction of sp³-hybridized carbons (Fsp3) is 0.400. The molecule has 2 aromatic carbocycles. The van der Waals surface area contributed by atoms with Crippen LogP contribution in [-0.2, 0) is 25.5 Å². The third-order valence-corrected chi connectivity index (χ3v) is 5.90. The van der Waals surface area contributed by atoms with E-state index in [0.29, 0.717) is 42.1 Å². The van der Waals surface area contributed by atoms with Crippen LogP contribution in [0.3, 0.4) is 0 Å². The maximum absolute atomic E-state index is 12.4. The molecule has 2 aromatic rings. The van der Waals surface area contributed by atoms with Gasteiger partial charge in [0, 0.05) is 23.7 Å². The van der Waals surface area contributed by atoms with E-state index in [1.807, 2.05) is 12.1 Å². The van der Waals surface area contributed by atoms with Crippen molar-refractivity contribution < 1.29 is 28.6 Å². The van der Waals surface area contributed by atoms with E-state index in [9.17, 15) is 14.4 Å². The zero-order valence-electron chi connectivity index (χ0n) is 19.7. The molecule has 0 spiro atoms. The van der Waals surface area contributed by atoms with Crippen molar-refractivity contribution in [3.05, 3.63) is 64.7 Å². The molecule has 35 heavy (non-hydrogen) atoms. The number of esters is 2. The van der Waals surface area contributed by atoms with Gasteiger partial charge in [0.15, 0.2) is 5.60 Å². The van der Waals surface area contributed by atoms with Crippen LogP contribution in [-0.4, -0.2) is 43.3 Å². The maximum Gasteiger partial charge on any atom is 0.352 e. The van der Waals surface area contributed by atoms with Gasteiger partial charge >= 0.3 is 11.9 Å². The molecule has 3 rings (SSSR count). The Morgan fingerprint density at radius 3 is 2.23 bits per heavy atom. The van der Waals surface area contributed by atoms with Crippen LogP contribution >= 0.6 is 24.0 Å². The summed E-state index contributed by atoms with van der Waals surface area (Å²) >= 11 is 5.84. The van der Waals surface area contributed by atoms with E-state index < -0.39 is 29.7 Å². The number of halogens is 2. The summed E-state index contributed by atoms with van der Waals surface area (Å²) in [7, 11) is 0. The van der Waals surface area contributed by atoms with E-state index in [1.54, 1.807) is 50.2 Å². The van der Waals surface area contributed by atoms with E-state index in [0.717, 1.165) is 5.56 Å². The first-order valence-corrected chi connectivity index (χ1v) is 11.4. The Morgan fingerprint density at radius 1 is 1.03 bits per heavy atom. The van der Waals surface area contributed by atoms with Gasteiger partial charge in [-0.15, -0.1) is 12.4 Å². The Labute approximate surface area is 215 Å². The number of nitrogens with two attached hydrogens (primary N) is 1. The highest BCUT2D eigenvalue weighted by Crippen LogP contribution is 2.45. The largest absolute Gasteiger partial charge is 0.476 e. The second kappa shape index (κ2) is 12.2. The highest BCUT2D eigenvalue weighted by atomic mass is 35.5. The van der Waals surface area contributed by atoms with Crippen molar-refractivity contribution in [3.63, 3.8) is 0 Å². The van der Waals surface area contributed by atoms with Crippen LogP contribution in [0.5, 0.6) is 5.75 Å². The summed E-state index contributed by atoms with van der Waals surface area (Å²) in [6.45, 7) is 3.34. The van der Waals surface area contributed by atoms with Crippen molar-refractivity contribution in [1.82, 2.24) is 5.32 Å². The molecule has 0 atom stereocenters. The standard InChI is InChI=1S/C25H29ClN2O6.ClH/c1-24(2,22(30)32-16-33-23(31)25(15-27)12-13-25)34-20-9-3-17(4-10-20)11-14-28-21(29)18-5-7-19(26)8-6-18;/h3-10H,11-16,27H2,1-2H3,(H,28,29);1H. The first kappa shape index (κ1) is 28.4. The van der Waals surface area contributed by atoms with Crippen LogP contribution < -0.4 is 15.8 Å². The fourth-order valence-corrected chi connectivity index (χ4v) is 3.32. The molecule has 0 heterocycles. The zero-order chi connectivity index (χ0) is 24.8. The lowest BCUT2D eigenvalue weighted by Gasteiger charge is -2.24. The Hall–Kier alpha value is -2.81. The van der Waals surface area contributed by atoms with Crippen molar-refractivity contribution in [2.75, 3.05) is 19.9 Å². The molecule has 1 aliphatic carbocycles. The predicted molar refractivity (Wildman–Crippen MR) is 134 cm³/mol. The first-order valence-electron chi connectivity index (χ1n) is 11.0. The number of hydrogen-bond donors (Lipinski definition) is 2. The monoisotopic (exact) mass is 524 g/mol. The van der Waals surface area contributed by atoms with Gasteiger partial charge in [0.2, 0.25) is 6.79 Å². The number of ether oxygens (including phenoxy) is 3. The maximum atomic E-state index is 12.4. The van der Waals surface area contributed by atoms with Crippen LogP contribution in [0.2, 0.25) is 5.02 Å². The quantitative estimate of drug-likeness (QED) is 0.340. The Balaban J connectivity index is 0.00000432. The third-order valence-electron chi connectivity index (χ3n) is 5.65. The van der Waals surface area contributed by atoms with Crippen LogP contribution in [0.25, 0.3) is 0 Å². The molecule has 0 aliphatic heterocycles. The van der Waals surface area contributed by atoms with Gasteiger partial charge in [0.05, 0.1) is 5.41 Å². The van der Waals surface area contributed by atoms with Gasteiger partial charge in [0.1, 0.15) is 5.75 Å². The molecule has 0 bridgehead atoms. The zero-order valence-corrected chi connectivity index (χ0v) is 21.2. The van der Waals surface area contributed by atoms with Gasteiger partial charge in [-0.05, 0) is 75.1 Å². The summed E-state index contributed by atoms with van der Waals surface area (Å²) in [5.41, 5.74) is 5.22. The molecule has 0 aromatic heterocycles. The lowest BCUT2D eigenvalue weighted by molar-refractivity contribution is -0.180. The topological polar surface area (TPSA) is 117 Å². The molecule has 0 unspecified atom stereocenters. The van der Waals surface area contributed by atoms with Gasteiger partial charge in [-0.3, -0.25) is 9.59 Å². The van der Waals surface area contributed by atoms with Crippen molar-refractivity contribution >= 4 is 41.9 Å². The molecule has 1 saturated carbocycles. The molecular weight excluding hydrogens is 495 g/mol. The van der Waals surface area contributed by atoms with E-state index in [2.05, 4.69) is 5.32 Å². The Kier molecular flexibility index (Phi) is 9.94. The summed E-state index contributed by atoms with van der Waals surface area (Å²) in [4.78, 5) is 36.5.